The van der Waals surface area contributed by atoms with E-state index in [4.69, 9.17) is 0 Å². The Kier molecular flexibility index (Phi) is 5.03. The zero-order valence-electron chi connectivity index (χ0n) is 11.4. The van der Waals surface area contributed by atoms with E-state index in [1.54, 1.807) is 19.1 Å². The minimum atomic E-state index is -4.56. The van der Waals surface area contributed by atoms with Crippen LogP contribution < -0.4 is 0 Å². The molecule has 0 aliphatic carbocycles. The Morgan fingerprint density at radius 2 is 1.65 bits per heavy atom. The number of phenolic OH excluding ortho intramolecular Hbond substituents is 1. The van der Waals surface area contributed by atoms with Crippen LogP contribution in [0.15, 0.2) is 24.3 Å². The van der Waals surface area contributed by atoms with Gasteiger partial charge in [-0.25, -0.2) is 0 Å². The van der Waals surface area contributed by atoms with Crippen molar-refractivity contribution in [2.45, 2.75) is 39.0 Å². The lowest BCUT2D eigenvalue weighted by molar-refractivity contribution is -0.218. The van der Waals surface area contributed by atoms with Gasteiger partial charge >= 0.3 is 12.1 Å². The number of aromatic hydroxyl groups is 1. The van der Waals surface area contributed by atoms with Crippen LogP contribution >= 0.6 is 0 Å². The number of carbonyl (C=O) groups excluding carboxylic acids is 1. The van der Waals surface area contributed by atoms with Gasteiger partial charge in [-0.2, -0.15) is 13.2 Å². The third-order valence-corrected chi connectivity index (χ3v) is 3.29. The average Bonchev–Trinajstić information content (AvgIpc) is 2.36. The topological polar surface area (TPSA) is 46.5 Å². The quantitative estimate of drug-likeness (QED) is 0.861. The summed E-state index contributed by atoms with van der Waals surface area (Å²) in [5.74, 6) is -1.84. The van der Waals surface area contributed by atoms with Gasteiger partial charge in [-0.05, 0) is 30.5 Å². The van der Waals surface area contributed by atoms with Crippen molar-refractivity contribution in [3.8, 4) is 5.75 Å². The summed E-state index contributed by atoms with van der Waals surface area (Å²) in [5.41, 5.74) is 0.743. The molecule has 3 atom stereocenters. The largest absolute Gasteiger partial charge is 0.508 e. The normalized spacial score (nSPS) is 16.3. The van der Waals surface area contributed by atoms with Gasteiger partial charge in [0, 0.05) is 0 Å². The Morgan fingerprint density at radius 1 is 1.15 bits per heavy atom. The molecule has 0 heterocycles. The Morgan fingerprint density at radius 3 is 2.10 bits per heavy atom. The van der Waals surface area contributed by atoms with Crippen molar-refractivity contribution in [3.05, 3.63) is 29.8 Å². The number of benzene rings is 1. The number of ether oxygens (including phenoxy) is 1. The van der Waals surface area contributed by atoms with Crippen molar-refractivity contribution in [3.63, 3.8) is 0 Å². The summed E-state index contributed by atoms with van der Waals surface area (Å²) in [5, 5.41) is 9.18. The van der Waals surface area contributed by atoms with Gasteiger partial charge in [-0.1, -0.05) is 26.0 Å². The van der Waals surface area contributed by atoms with Gasteiger partial charge in [0.1, 0.15) is 5.75 Å². The number of esters is 1. The number of hydrogen-bond donors (Lipinski definition) is 1. The highest BCUT2D eigenvalue weighted by Gasteiger charge is 2.40. The van der Waals surface area contributed by atoms with Crippen LogP contribution in [-0.2, 0) is 9.53 Å². The Balaban J connectivity index is 2.71. The molecule has 0 amide bonds. The molecule has 0 aliphatic rings. The van der Waals surface area contributed by atoms with Gasteiger partial charge in [-0.15, -0.1) is 0 Å². The van der Waals surface area contributed by atoms with E-state index in [1.165, 1.54) is 19.1 Å². The molecule has 3 nitrogen and oxygen atoms in total. The number of alkyl halides is 3. The van der Waals surface area contributed by atoms with Crippen LogP contribution in [0.3, 0.4) is 0 Å². The van der Waals surface area contributed by atoms with Crippen molar-refractivity contribution >= 4 is 5.97 Å². The Labute approximate surface area is 115 Å². The Bertz CT molecular complexity index is 454. The van der Waals surface area contributed by atoms with Crippen molar-refractivity contribution in [2.75, 3.05) is 0 Å². The van der Waals surface area contributed by atoms with E-state index >= 15 is 0 Å². The Hall–Kier alpha value is -1.72. The minimum absolute atomic E-state index is 0.0851. The van der Waals surface area contributed by atoms with E-state index in [9.17, 15) is 23.1 Å². The number of hydrogen-bond acceptors (Lipinski definition) is 3. The highest BCUT2D eigenvalue weighted by atomic mass is 19.4. The van der Waals surface area contributed by atoms with E-state index < -0.39 is 24.2 Å². The van der Waals surface area contributed by atoms with Crippen molar-refractivity contribution in [2.24, 2.45) is 5.92 Å². The fraction of sp³-hybridized carbons (Fsp3) is 0.500. The summed E-state index contributed by atoms with van der Waals surface area (Å²) in [4.78, 5) is 11.7. The maximum Gasteiger partial charge on any atom is 0.425 e. The molecule has 0 aliphatic heterocycles. The van der Waals surface area contributed by atoms with Crippen molar-refractivity contribution < 1.29 is 27.8 Å². The molecule has 1 N–H and O–H groups in total. The lowest BCUT2D eigenvalue weighted by Crippen LogP contribution is -2.33. The van der Waals surface area contributed by atoms with Crippen LogP contribution in [0.25, 0.3) is 0 Å². The molecule has 0 radical (unpaired) electrons. The van der Waals surface area contributed by atoms with E-state index in [0.29, 0.717) is 0 Å². The molecule has 20 heavy (non-hydrogen) atoms. The van der Waals surface area contributed by atoms with Gasteiger partial charge in [0.2, 0.25) is 0 Å². The lowest BCUT2D eigenvalue weighted by atomic mass is 9.89. The SMILES string of the molecule is CC(C(=O)OC(C)C(F)(F)F)C(C)c1ccc(O)cc1. The molecule has 0 aromatic heterocycles. The van der Waals surface area contributed by atoms with Crippen LogP contribution in [0.1, 0.15) is 32.3 Å². The zero-order chi connectivity index (χ0) is 15.5. The second kappa shape index (κ2) is 6.15. The summed E-state index contributed by atoms with van der Waals surface area (Å²) in [6, 6.07) is 6.17. The average molecular weight is 290 g/mol. The molecule has 0 bridgehead atoms. The first-order chi connectivity index (χ1) is 9.12. The first kappa shape index (κ1) is 16.3. The molecular weight excluding hydrogens is 273 g/mol. The van der Waals surface area contributed by atoms with Gasteiger partial charge in [0.25, 0.3) is 0 Å². The second-order valence-corrected chi connectivity index (χ2v) is 4.79. The van der Waals surface area contributed by atoms with E-state index in [2.05, 4.69) is 4.74 Å². The maximum atomic E-state index is 12.3. The molecule has 0 fully saturated rings. The molecule has 1 rings (SSSR count). The molecule has 3 unspecified atom stereocenters. The smallest absolute Gasteiger partial charge is 0.425 e. The second-order valence-electron chi connectivity index (χ2n) is 4.79. The molecule has 0 saturated heterocycles. The van der Waals surface area contributed by atoms with E-state index in [1.807, 2.05) is 0 Å². The summed E-state index contributed by atoms with van der Waals surface area (Å²) in [6.45, 7) is 4.04. The summed E-state index contributed by atoms with van der Waals surface area (Å²) in [6.07, 6.45) is -6.68. The summed E-state index contributed by atoms with van der Waals surface area (Å²) < 4.78 is 41.4. The third kappa shape index (κ3) is 4.15. The van der Waals surface area contributed by atoms with Crippen molar-refractivity contribution in [1.82, 2.24) is 0 Å². The van der Waals surface area contributed by atoms with Gasteiger partial charge < -0.3 is 9.84 Å². The number of carbonyl (C=O) groups is 1. The fourth-order valence-electron chi connectivity index (χ4n) is 1.62. The van der Waals surface area contributed by atoms with Crippen LogP contribution in [0.4, 0.5) is 13.2 Å². The molecule has 0 saturated carbocycles. The van der Waals surface area contributed by atoms with Gasteiger partial charge in [0.05, 0.1) is 5.92 Å². The minimum Gasteiger partial charge on any atom is -0.508 e. The summed E-state index contributed by atoms with van der Waals surface area (Å²) >= 11 is 0. The first-order valence-electron chi connectivity index (χ1n) is 6.19. The van der Waals surface area contributed by atoms with Crippen LogP contribution in [0, 0.1) is 5.92 Å². The van der Waals surface area contributed by atoms with Crippen LogP contribution in [0.2, 0.25) is 0 Å². The fourth-order valence-corrected chi connectivity index (χ4v) is 1.62. The standard InChI is InChI=1S/C14H17F3O3/c1-8(11-4-6-12(18)7-5-11)9(2)13(19)20-10(3)14(15,16)17/h4-10,18H,1-3H3. The maximum absolute atomic E-state index is 12.3. The molecular formula is C14H17F3O3. The highest BCUT2D eigenvalue weighted by molar-refractivity contribution is 5.73. The van der Waals surface area contributed by atoms with Crippen LogP contribution in [0.5, 0.6) is 5.75 Å². The van der Waals surface area contributed by atoms with Gasteiger partial charge in [-0.3, -0.25) is 4.79 Å². The molecule has 112 valence electrons. The molecule has 1 aromatic carbocycles. The van der Waals surface area contributed by atoms with Crippen molar-refractivity contribution in [1.29, 1.82) is 0 Å². The highest BCUT2D eigenvalue weighted by Crippen LogP contribution is 2.29. The monoisotopic (exact) mass is 290 g/mol. The van der Waals surface area contributed by atoms with Crippen LogP contribution in [-0.4, -0.2) is 23.4 Å². The van der Waals surface area contributed by atoms with Gasteiger partial charge in [0.15, 0.2) is 6.10 Å². The molecule has 6 heteroatoms. The van der Waals surface area contributed by atoms with E-state index in [-0.39, 0.29) is 11.7 Å². The first-order valence-corrected chi connectivity index (χ1v) is 6.19. The number of halogens is 3. The lowest BCUT2D eigenvalue weighted by Gasteiger charge is -2.22. The van der Waals surface area contributed by atoms with E-state index in [0.717, 1.165) is 12.5 Å². The summed E-state index contributed by atoms with van der Waals surface area (Å²) in [7, 11) is 0. The molecule has 0 spiro atoms. The predicted molar refractivity (Wildman–Crippen MR) is 67.3 cm³/mol. The third-order valence-electron chi connectivity index (χ3n) is 3.29. The number of phenols is 1. The molecule has 1 aromatic rings. The predicted octanol–water partition coefficient (Wildman–Crippen LogP) is 3.63. The zero-order valence-corrected chi connectivity index (χ0v) is 11.4. The number of rotatable bonds is 4.